The Morgan fingerprint density at radius 3 is 2.62 bits per heavy atom. The van der Waals surface area contributed by atoms with Crippen molar-refractivity contribution in [3.05, 3.63) is 39.4 Å². The maximum Gasteiger partial charge on any atom is 0.335 e. The fourth-order valence-corrected chi connectivity index (χ4v) is 2.95. The zero-order chi connectivity index (χ0) is 19.3. The average Bonchev–Trinajstić information content (AvgIpc) is 2.61. The molecule has 140 valence electrons. The number of hydrogen-bond acceptors (Lipinski definition) is 5. The minimum atomic E-state index is -1.34. The lowest BCUT2D eigenvalue weighted by Gasteiger charge is -2.33. The molecule has 0 saturated carbocycles. The maximum atomic E-state index is 12.7. The van der Waals surface area contributed by atoms with E-state index < -0.39 is 22.5 Å². The van der Waals surface area contributed by atoms with Crippen molar-refractivity contribution in [3.8, 4) is 0 Å². The van der Waals surface area contributed by atoms with E-state index in [1.54, 1.807) is 0 Å². The van der Waals surface area contributed by atoms with Gasteiger partial charge in [-0.3, -0.25) is 19.7 Å². The molecule has 9 nitrogen and oxygen atoms in total. The van der Waals surface area contributed by atoms with Gasteiger partial charge in [-0.2, -0.15) is 0 Å². The highest BCUT2D eigenvalue weighted by atomic mass is 16.6. The number of carbonyl (C=O) groups excluding carboxylic acids is 2. The summed E-state index contributed by atoms with van der Waals surface area (Å²) in [5, 5.41) is 23.0. The number of carboxylic acid groups (broad SMARTS) is 1. The normalized spacial score (nSPS) is 16.8. The van der Waals surface area contributed by atoms with Gasteiger partial charge >= 0.3 is 5.97 Å². The number of nitro benzene ring substituents is 1. The van der Waals surface area contributed by atoms with Crippen molar-refractivity contribution in [1.82, 2.24) is 10.2 Å². The lowest BCUT2D eigenvalue weighted by atomic mass is 10.0. The molecule has 0 aliphatic carbocycles. The first kappa shape index (κ1) is 19.4. The highest BCUT2D eigenvalue weighted by Gasteiger charge is 2.27. The smallest absolute Gasteiger partial charge is 0.335 e. The van der Waals surface area contributed by atoms with E-state index in [-0.39, 0.29) is 23.1 Å². The van der Waals surface area contributed by atoms with Crippen LogP contribution in [0.5, 0.6) is 0 Å². The molecule has 2 amide bonds. The molecule has 1 heterocycles. The van der Waals surface area contributed by atoms with Crippen LogP contribution in [0, 0.1) is 10.1 Å². The molecule has 1 unspecified atom stereocenters. The second-order valence-electron chi connectivity index (χ2n) is 6.24. The Kier molecular flexibility index (Phi) is 6.26. The standard InChI is InChI=1S/C17H21N3O6/c1-2-4-15(21)18-13-5-3-6-19(10-13)16(22)11-7-12(17(23)24)9-14(8-11)20(25)26/h7-9,13H,2-6,10H2,1H3,(H,18,21)(H,23,24). The van der Waals surface area contributed by atoms with Crippen LogP contribution >= 0.6 is 0 Å². The molecule has 1 atom stereocenters. The molecule has 0 aromatic heterocycles. The van der Waals surface area contributed by atoms with E-state index in [0.29, 0.717) is 25.9 Å². The molecule has 1 aliphatic heterocycles. The molecule has 2 N–H and O–H groups in total. The first-order valence-corrected chi connectivity index (χ1v) is 8.43. The Bertz CT molecular complexity index is 701. The lowest BCUT2D eigenvalue weighted by molar-refractivity contribution is -0.384. The minimum Gasteiger partial charge on any atom is -0.478 e. The van der Waals surface area contributed by atoms with Gasteiger partial charge in [-0.25, -0.2) is 4.79 Å². The van der Waals surface area contributed by atoms with Crippen LogP contribution in [0.4, 0.5) is 5.69 Å². The van der Waals surface area contributed by atoms with Gasteiger partial charge < -0.3 is 15.3 Å². The summed E-state index contributed by atoms with van der Waals surface area (Å²) in [6.45, 7) is 2.64. The van der Waals surface area contributed by atoms with Gasteiger partial charge in [0, 0.05) is 43.2 Å². The van der Waals surface area contributed by atoms with Crippen molar-refractivity contribution in [2.45, 2.75) is 38.6 Å². The third kappa shape index (κ3) is 4.78. The van der Waals surface area contributed by atoms with Crippen LogP contribution in [-0.4, -0.2) is 51.8 Å². The Hall–Kier alpha value is -2.97. The number of carbonyl (C=O) groups is 3. The number of amides is 2. The Morgan fingerprint density at radius 2 is 2.00 bits per heavy atom. The second-order valence-corrected chi connectivity index (χ2v) is 6.24. The number of non-ortho nitro benzene ring substituents is 1. The van der Waals surface area contributed by atoms with E-state index in [4.69, 9.17) is 5.11 Å². The Morgan fingerprint density at radius 1 is 1.31 bits per heavy atom. The molecule has 0 bridgehead atoms. The summed E-state index contributed by atoms with van der Waals surface area (Å²) in [6, 6.07) is 2.96. The van der Waals surface area contributed by atoms with Gasteiger partial charge in [0.05, 0.1) is 10.5 Å². The van der Waals surface area contributed by atoms with Crippen LogP contribution in [-0.2, 0) is 4.79 Å². The largest absolute Gasteiger partial charge is 0.478 e. The van der Waals surface area contributed by atoms with Gasteiger partial charge in [-0.1, -0.05) is 6.92 Å². The van der Waals surface area contributed by atoms with Crippen molar-refractivity contribution in [1.29, 1.82) is 0 Å². The maximum absolute atomic E-state index is 12.7. The van der Waals surface area contributed by atoms with Crippen LogP contribution < -0.4 is 5.32 Å². The number of carboxylic acids is 1. The molecule has 26 heavy (non-hydrogen) atoms. The summed E-state index contributed by atoms with van der Waals surface area (Å²) in [6.07, 6.45) is 2.57. The summed E-state index contributed by atoms with van der Waals surface area (Å²) in [5.41, 5.74) is -0.803. The monoisotopic (exact) mass is 363 g/mol. The predicted molar refractivity (Wildman–Crippen MR) is 92.0 cm³/mol. The van der Waals surface area contributed by atoms with Gasteiger partial charge in [-0.05, 0) is 25.3 Å². The number of nitro groups is 1. The summed E-state index contributed by atoms with van der Waals surface area (Å²) < 4.78 is 0. The van der Waals surface area contributed by atoms with Crippen molar-refractivity contribution in [3.63, 3.8) is 0 Å². The van der Waals surface area contributed by atoms with E-state index in [1.807, 2.05) is 6.92 Å². The van der Waals surface area contributed by atoms with Crippen LogP contribution in [0.15, 0.2) is 18.2 Å². The van der Waals surface area contributed by atoms with Crippen molar-refractivity contribution < 1.29 is 24.4 Å². The number of likely N-dealkylation sites (tertiary alicyclic amines) is 1. The summed E-state index contributed by atoms with van der Waals surface area (Å²) in [4.78, 5) is 47.4. The number of aromatic carboxylic acids is 1. The van der Waals surface area contributed by atoms with Crippen LogP contribution in [0.2, 0.25) is 0 Å². The summed E-state index contributed by atoms with van der Waals surface area (Å²) in [5.74, 6) is -1.90. The van der Waals surface area contributed by atoms with Gasteiger partial charge in [-0.15, -0.1) is 0 Å². The third-order valence-corrected chi connectivity index (χ3v) is 4.17. The number of piperidine rings is 1. The summed E-state index contributed by atoms with van der Waals surface area (Å²) >= 11 is 0. The number of hydrogen-bond donors (Lipinski definition) is 2. The van der Waals surface area contributed by atoms with Gasteiger partial charge in [0.15, 0.2) is 0 Å². The quantitative estimate of drug-likeness (QED) is 0.585. The molecule has 9 heteroatoms. The average molecular weight is 363 g/mol. The second kappa shape index (κ2) is 8.41. The highest BCUT2D eigenvalue weighted by molar-refractivity contribution is 5.98. The minimum absolute atomic E-state index is 0.0443. The first-order chi connectivity index (χ1) is 12.3. The zero-order valence-corrected chi connectivity index (χ0v) is 14.4. The van der Waals surface area contributed by atoms with E-state index in [2.05, 4.69) is 5.32 Å². The molecular formula is C17H21N3O6. The van der Waals surface area contributed by atoms with Gasteiger partial charge in [0.1, 0.15) is 0 Å². The molecule has 1 saturated heterocycles. The Labute approximate surface area is 150 Å². The fraction of sp³-hybridized carbons (Fsp3) is 0.471. The fourth-order valence-electron chi connectivity index (χ4n) is 2.95. The third-order valence-electron chi connectivity index (χ3n) is 4.17. The number of nitrogens with one attached hydrogen (secondary N) is 1. The van der Waals surface area contributed by atoms with Crippen molar-refractivity contribution in [2.24, 2.45) is 0 Å². The predicted octanol–water partition coefficient (Wildman–Crippen LogP) is 1.81. The van der Waals surface area contributed by atoms with Crippen LogP contribution in [0.1, 0.15) is 53.3 Å². The first-order valence-electron chi connectivity index (χ1n) is 8.43. The molecular weight excluding hydrogens is 342 g/mol. The number of rotatable bonds is 6. The molecule has 1 fully saturated rings. The number of benzene rings is 1. The molecule has 1 aromatic carbocycles. The summed E-state index contributed by atoms with van der Waals surface area (Å²) in [7, 11) is 0. The van der Waals surface area contributed by atoms with E-state index in [0.717, 1.165) is 31.0 Å². The SMILES string of the molecule is CCCC(=O)NC1CCCN(C(=O)c2cc(C(=O)O)cc([N+](=O)[O-])c2)C1. The van der Waals surface area contributed by atoms with Crippen LogP contribution in [0.25, 0.3) is 0 Å². The van der Waals surface area contributed by atoms with Gasteiger partial charge in [0.25, 0.3) is 11.6 Å². The Balaban J connectivity index is 2.18. The molecule has 2 rings (SSSR count). The number of nitrogens with zero attached hydrogens (tertiary/aromatic N) is 2. The van der Waals surface area contributed by atoms with E-state index in [1.165, 1.54) is 4.90 Å². The molecule has 0 spiro atoms. The van der Waals surface area contributed by atoms with Crippen molar-refractivity contribution >= 4 is 23.5 Å². The van der Waals surface area contributed by atoms with Crippen LogP contribution in [0.3, 0.4) is 0 Å². The molecule has 1 aliphatic rings. The van der Waals surface area contributed by atoms with Gasteiger partial charge in [0.2, 0.25) is 5.91 Å². The molecule has 0 radical (unpaired) electrons. The van der Waals surface area contributed by atoms with E-state index >= 15 is 0 Å². The zero-order valence-electron chi connectivity index (χ0n) is 14.4. The topological polar surface area (TPSA) is 130 Å². The lowest BCUT2D eigenvalue weighted by Crippen LogP contribution is -2.49. The molecule has 1 aromatic rings. The highest BCUT2D eigenvalue weighted by Crippen LogP contribution is 2.21. The van der Waals surface area contributed by atoms with Crippen molar-refractivity contribution in [2.75, 3.05) is 13.1 Å². The van der Waals surface area contributed by atoms with E-state index in [9.17, 15) is 24.5 Å².